The van der Waals surface area contributed by atoms with Crippen molar-refractivity contribution in [3.8, 4) is 0 Å². The van der Waals surface area contributed by atoms with E-state index in [4.69, 9.17) is 0 Å². The molecule has 4 heteroatoms. The Hall–Kier alpha value is -1.39. The first-order chi connectivity index (χ1) is 9.65. The zero-order chi connectivity index (χ0) is 14.1. The Bertz CT molecular complexity index is 503. The summed E-state index contributed by atoms with van der Waals surface area (Å²) < 4.78 is 0. The number of hydrogen-bond acceptors (Lipinski definition) is 3. The Kier molecular flexibility index (Phi) is 3.76. The second kappa shape index (κ2) is 5.54. The Balaban J connectivity index is 1.70. The largest absolute Gasteiger partial charge is 0.390 e. The van der Waals surface area contributed by atoms with Gasteiger partial charge in [-0.05, 0) is 36.4 Å². The average molecular weight is 274 g/mol. The second-order valence-corrected chi connectivity index (χ2v) is 6.09. The molecule has 4 nitrogen and oxygen atoms in total. The normalized spacial score (nSPS) is 32.7. The minimum absolute atomic E-state index is 0.0114. The average Bonchev–Trinajstić information content (AvgIpc) is 2.75. The lowest BCUT2D eigenvalue weighted by Gasteiger charge is -2.29. The van der Waals surface area contributed by atoms with Crippen LogP contribution in [0.5, 0.6) is 0 Å². The van der Waals surface area contributed by atoms with Gasteiger partial charge in [-0.1, -0.05) is 31.2 Å². The van der Waals surface area contributed by atoms with Crippen molar-refractivity contribution in [1.29, 1.82) is 0 Å². The van der Waals surface area contributed by atoms with Gasteiger partial charge in [0.15, 0.2) is 0 Å². The molecular weight excluding hydrogens is 252 g/mol. The number of rotatable bonds is 2. The van der Waals surface area contributed by atoms with Crippen molar-refractivity contribution in [2.45, 2.75) is 44.4 Å². The summed E-state index contributed by atoms with van der Waals surface area (Å²) in [6.07, 6.45) is 2.10. The predicted molar refractivity (Wildman–Crippen MR) is 77.2 cm³/mol. The molecular formula is C16H22N2O2. The molecule has 1 aromatic carbocycles. The quantitative estimate of drug-likeness (QED) is 0.758. The topological polar surface area (TPSA) is 61.4 Å². The number of aliphatic hydroxyl groups excluding tert-OH is 1. The molecule has 0 radical (unpaired) electrons. The van der Waals surface area contributed by atoms with Gasteiger partial charge >= 0.3 is 0 Å². The minimum Gasteiger partial charge on any atom is -0.390 e. The van der Waals surface area contributed by atoms with E-state index in [0.29, 0.717) is 12.3 Å². The summed E-state index contributed by atoms with van der Waals surface area (Å²) in [6, 6.07) is 7.55. The third kappa shape index (κ3) is 2.58. The highest BCUT2D eigenvalue weighted by Crippen LogP contribution is 2.31. The standard InChI is InChI=1S/C16H22N2O2/c1-10-6-7-17-13(8-10)16(20)18-15-12-5-3-2-4-11(12)9-14(15)19/h2-5,10,13-15,17,19H,6-9H2,1H3,(H,18,20)/t10?,13?,14-,15+/m0/s1. The molecule has 1 aromatic rings. The van der Waals surface area contributed by atoms with Gasteiger partial charge in [-0.2, -0.15) is 0 Å². The summed E-state index contributed by atoms with van der Waals surface area (Å²) >= 11 is 0. The first-order valence-corrected chi connectivity index (χ1v) is 7.45. The molecule has 1 aliphatic carbocycles. The lowest BCUT2D eigenvalue weighted by atomic mass is 9.93. The molecule has 20 heavy (non-hydrogen) atoms. The van der Waals surface area contributed by atoms with Gasteiger partial charge in [0.05, 0.1) is 18.2 Å². The van der Waals surface area contributed by atoms with E-state index in [0.717, 1.165) is 30.5 Å². The van der Waals surface area contributed by atoms with E-state index in [1.54, 1.807) is 0 Å². The van der Waals surface area contributed by atoms with Gasteiger partial charge in [0.1, 0.15) is 0 Å². The molecule has 1 saturated heterocycles. The van der Waals surface area contributed by atoms with Gasteiger partial charge in [0.2, 0.25) is 5.91 Å². The Labute approximate surface area is 119 Å². The number of nitrogens with one attached hydrogen (secondary N) is 2. The van der Waals surface area contributed by atoms with Crippen molar-refractivity contribution in [3.05, 3.63) is 35.4 Å². The van der Waals surface area contributed by atoms with Crippen molar-refractivity contribution in [2.75, 3.05) is 6.54 Å². The maximum absolute atomic E-state index is 12.4. The molecule has 1 aliphatic heterocycles. The summed E-state index contributed by atoms with van der Waals surface area (Å²) in [4.78, 5) is 12.4. The highest BCUT2D eigenvalue weighted by molar-refractivity contribution is 5.82. The van der Waals surface area contributed by atoms with Crippen molar-refractivity contribution in [3.63, 3.8) is 0 Å². The summed E-state index contributed by atoms with van der Waals surface area (Å²) in [6.45, 7) is 3.07. The van der Waals surface area contributed by atoms with Crippen LogP contribution in [0.4, 0.5) is 0 Å². The zero-order valence-electron chi connectivity index (χ0n) is 11.8. The minimum atomic E-state index is -0.516. The van der Waals surface area contributed by atoms with Gasteiger partial charge in [0, 0.05) is 6.42 Å². The molecule has 3 rings (SSSR count). The summed E-state index contributed by atoms with van der Waals surface area (Å²) in [5.74, 6) is 0.588. The van der Waals surface area contributed by atoms with Crippen LogP contribution in [-0.2, 0) is 11.2 Å². The number of carbonyl (C=O) groups excluding carboxylic acids is 1. The highest BCUT2D eigenvalue weighted by atomic mass is 16.3. The molecule has 1 fully saturated rings. The first kappa shape index (κ1) is 13.6. The van der Waals surface area contributed by atoms with E-state index in [9.17, 15) is 9.90 Å². The van der Waals surface area contributed by atoms with E-state index in [2.05, 4.69) is 17.6 Å². The Morgan fingerprint density at radius 2 is 2.20 bits per heavy atom. The molecule has 1 heterocycles. The maximum Gasteiger partial charge on any atom is 0.237 e. The molecule has 0 bridgehead atoms. The van der Waals surface area contributed by atoms with Gasteiger partial charge in [0.25, 0.3) is 0 Å². The third-order valence-corrected chi connectivity index (χ3v) is 4.48. The SMILES string of the molecule is CC1CCNC(C(=O)N[C@@H]2c3ccccc3C[C@@H]2O)C1. The monoisotopic (exact) mass is 274 g/mol. The van der Waals surface area contributed by atoms with Crippen LogP contribution in [0.3, 0.4) is 0 Å². The van der Waals surface area contributed by atoms with Crippen LogP contribution in [-0.4, -0.2) is 29.7 Å². The lowest BCUT2D eigenvalue weighted by Crippen LogP contribution is -2.50. The fourth-order valence-electron chi connectivity index (χ4n) is 3.31. The molecule has 3 N–H and O–H groups in total. The molecule has 2 unspecified atom stereocenters. The van der Waals surface area contributed by atoms with Crippen LogP contribution < -0.4 is 10.6 Å². The zero-order valence-corrected chi connectivity index (χ0v) is 11.8. The highest BCUT2D eigenvalue weighted by Gasteiger charge is 2.34. The number of carbonyl (C=O) groups is 1. The molecule has 0 aromatic heterocycles. The van der Waals surface area contributed by atoms with E-state index < -0.39 is 6.10 Å². The number of piperidine rings is 1. The van der Waals surface area contributed by atoms with E-state index >= 15 is 0 Å². The van der Waals surface area contributed by atoms with Crippen molar-refractivity contribution in [2.24, 2.45) is 5.92 Å². The van der Waals surface area contributed by atoms with Crippen LogP contribution in [0.15, 0.2) is 24.3 Å². The molecule has 0 spiro atoms. The maximum atomic E-state index is 12.4. The second-order valence-electron chi connectivity index (χ2n) is 6.09. The number of hydrogen-bond donors (Lipinski definition) is 3. The van der Waals surface area contributed by atoms with Crippen LogP contribution in [0, 0.1) is 5.92 Å². The number of fused-ring (bicyclic) bond motifs is 1. The van der Waals surface area contributed by atoms with Crippen molar-refractivity contribution >= 4 is 5.91 Å². The summed E-state index contributed by atoms with van der Waals surface area (Å²) in [5.41, 5.74) is 2.19. The van der Waals surface area contributed by atoms with Crippen LogP contribution in [0.1, 0.15) is 36.9 Å². The summed E-state index contributed by atoms with van der Waals surface area (Å²) in [5, 5.41) is 16.5. The first-order valence-electron chi connectivity index (χ1n) is 7.45. The molecule has 4 atom stereocenters. The van der Waals surface area contributed by atoms with Gasteiger partial charge in [-0.3, -0.25) is 4.79 Å². The van der Waals surface area contributed by atoms with Gasteiger partial charge in [-0.15, -0.1) is 0 Å². The van der Waals surface area contributed by atoms with Gasteiger partial charge in [-0.25, -0.2) is 0 Å². The predicted octanol–water partition coefficient (Wildman–Crippen LogP) is 1.15. The van der Waals surface area contributed by atoms with Crippen LogP contribution in [0.2, 0.25) is 0 Å². The van der Waals surface area contributed by atoms with E-state index in [1.165, 1.54) is 0 Å². The third-order valence-electron chi connectivity index (χ3n) is 4.48. The molecule has 2 aliphatic rings. The summed E-state index contributed by atoms with van der Waals surface area (Å²) in [7, 11) is 0. The van der Waals surface area contributed by atoms with E-state index in [1.807, 2.05) is 24.3 Å². The Morgan fingerprint density at radius 3 is 3.00 bits per heavy atom. The van der Waals surface area contributed by atoms with Crippen molar-refractivity contribution in [1.82, 2.24) is 10.6 Å². The van der Waals surface area contributed by atoms with Crippen molar-refractivity contribution < 1.29 is 9.90 Å². The van der Waals surface area contributed by atoms with Crippen LogP contribution >= 0.6 is 0 Å². The number of amides is 1. The lowest BCUT2D eigenvalue weighted by molar-refractivity contribution is -0.125. The van der Waals surface area contributed by atoms with Crippen LogP contribution in [0.25, 0.3) is 0 Å². The Morgan fingerprint density at radius 1 is 1.40 bits per heavy atom. The van der Waals surface area contributed by atoms with Gasteiger partial charge < -0.3 is 15.7 Å². The number of benzene rings is 1. The van der Waals surface area contributed by atoms with E-state index in [-0.39, 0.29) is 18.0 Å². The smallest absolute Gasteiger partial charge is 0.237 e. The number of aliphatic hydroxyl groups is 1. The fourth-order valence-corrected chi connectivity index (χ4v) is 3.31. The molecule has 0 saturated carbocycles. The molecule has 1 amide bonds. The molecule has 108 valence electrons. The fraction of sp³-hybridized carbons (Fsp3) is 0.562.